The van der Waals surface area contributed by atoms with Crippen LogP contribution in [0.25, 0.3) is 0 Å². The number of H-pyrrole nitrogens is 1. The van der Waals surface area contributed by atoms with E-state index in [1.54, 1.807) is 6.07 Å². The minimum Gasteiger partial charge on any atom is -0.477 e. The fourth-order valence-electron chi connectivity index (χ4n) is 1.58. The maximum Gasteiger partial charge on any atom is 0.352 e. The minimum atomic E-state index is -1.13. The number of carbonyl (C=O) groups is 1. The Morgan fingerprint density at radius 1 is 1.12 bits per heavy atom. The molecule has 0 aliphatic carbocycles. The topological polar surface area (TPSA) is 70.2 Å². The van der Waals surface area contributed by atoms with Crippen LogP contribution >= 0.6 is 0 Å². The quantitative estimate of drug-likeness (QED) is 0.840. The molecule has 1 heterocycles. The van der Waals surface area contributed by atoms with Crippen molar-refractivity contribution in [3.8, 4) is 0 Å². The third-order valence-corrected chi connectivity index (χ3v) is 2.46. The van der Waals surface area contributed by atoms with Gasteiger partial charge in [-0.3, -0.25) is 4.79 Å². The average molecular weight is 229 g/mol. The molecule has 17 heavy (non-hydrogen) atoms. The second-order valence-electron chi connectivity index (χ2n) is 3.69. The van der Waals surface area contributed by atoms with Gasteiger partial charge in [0.05, 0.1) is 0 Å². The lowest BCUT2D eigenvalue weighted by atomic mass is 10.1. The molecule has 2 aromatic rings. The molecule has 0 aliphatic rings. The summed E-state index contributed by atoms with van der Waals surface area (Å²) in [7, 11) is 0. The van der Waals surface area contributed by atoms with E-state index in [-0.39, 0.29) is 11.3 Å². The number of benzene rings is 1. The van der Waals surface area contributed by atoms with Gasteiger partial charge in [0.1, 0.15) is 5.69 Å². The summed E-state index contributed by atoms with van der Waals surface area (Å²) in [5.41, 5.74) is 1.13. The van der Waals surface area contributed by atoms with Crippen molar-refractivity contribution in [1.29, 1.82) is 0 Å². The van der Waals surface area contributed by atoms with Gasteiger partial charge >= 0.3 is 5.97 Å². The number of nitrogens with one attached hydrogen (secondary N) is 1. The van der Waals surface area contributed by atoms with Crippen LogP contribution in [0.1, 0.15) is 21.6 Å². The van der Waals surface area contributed by atoms with Crippen LogP contribution in [-0.4, -0.2) is 16.1 Å². The van der Waals surface area contributed by atoms with Gasteiger partial charge in [-0.2, -0.15) is 0 Å². The molecular formula is C13H11NO3. The summed E-state index contributed by atoms with van der Waals surface area (Å²) in [4.78, 5) is 24.6. The Kier molecular flexibility index (Phi) is 3.05. The summed E-state index contributed by atoms with van der Waals surface area (Å²) in [6, 6.07) is 12.5. The van der Waals surface area contributed by atoms with Crippen LogP contribution in [0.15, 0.2) is 47.3 Å². The van der Waals surface area contributed by atoms with Crippen molar-refractivity contribution in [2.24, 2.45) is 0 Å². The highest BCUT2D eigenvalue weighted by Crippen LogP contribution is 2.05. The summed E-state index contributed by atoms with van der Waals surface area (Å²) in [5.74, 6) is -1.13. The number of aromatic amines is 1. The van der Waals surface area contributed by atoms with Crippen molar-refractivity contribution >= 4 is 5.97 Å². The van der Waals surface area contributed by atoms with E-state index in [1.165, 1.54) is 6.07 Å². The second kappa shape index (κ2) is 4.65. The average Bonchev–Trinajstić information content (AvgIpc) is 2.33. The molecule has 0 bridgehead atoms. The molecule has 0 unspecified atom stereocenters. The van der Waals surface area contributed by atoms with E-state index < -0.39 is 5.97 Å². The van der Waals surface area contributed by atoms with Crippen LogP contribution in [0.2, 0.25) is 0 Å². The van der Waals surface area contributed by atoms with Gasteiger partial charge in [0, 0.05) is 12.0 Å². The Bertz CT molecular complexity index is 587. The molecule has 86 valence electrons. The van der Waals surface area contributed by atoms with E-state index in [4.69, 9.17) is 5.11 Å². The SMILES string of the molecule is O=C(O)c1ccc(Cc2ccccc2)c(=O)[nH]1. The number of hydrogen-bond acceptors (Lipinski definition) is 2. The third-order valence-electron chi connectivity index (χ3n) is 2.46. The highest BCUT2D eigenvalue weighted by Gasteiger charge is 2.06. The number of pyridine rings is 1. The Morgan fingerprint density at radius 3 is 2.41 bits per heavy atom. The standard InChI is InChI=1S/C13H11NO3/c15-12-10(6-7-11(14-12)13(16)17)8-9-4-2-1-3-5-9/h1-7H,8H2,(H,14,15)(H,16,17). The Labute approximate surface area is 97.6 Å². The Morgan fingerprint density at radius 2 is 1.82 bits per heavy atom. The van der Waals surface area contributed by atoms with E-state index in [2.05, 4.69) is 4.98 Å². The third kappa shape index (κ3) is 2.60. The molecule has 0 aliphatic heterocycles. The van der Waals surface area contributed by atoms with Crippen LogP contribution in [0.5, 0.6) is 0 Å². The van der Waals surface area contributed by atoms with Crippen molar-refractivity contribution < 1.29 is 9.90 Å². The van der Waals surface area contributed by atoms with Gasteiger partial charge in [0.2, 0.25) is 0 Å². The van der Waals surface area contributed by atoms with Crippen molar-refractivity contribution in [3.05, 3.63) is 69.6 Å². The summed E-state index contributed by atoms with van der Waals surface area (Å²) in [6.45, 7) is 0. The molecule has 1 aromatic carbocycles. The number of carboxylic acids is 1. The number of aromatic nitrogens is 1. The summed E-state index contributed by atoms with van der Waals surface area (Å²) >= 11 is 0. The summed E-state index contributed by atoms with van der Waals surface area (Å²) < 4.78 is 0. The number of aromatic carboxylic acids is 1. The second-order valence-corrected chi connectivity index (χ2v) is 3.69. The highest BCUT2D eigenvalue weighted by molar-refractivity contribution is 5.85. The van der Waals surface area contributed by atoms with Gasteiger partial charge in [-0.25, -0.2) is 4.79 Å². The number of rotatable bonds is 3. The lowest BCUT2D eigenvalue weighted by molar-refractivity contribution is 0.0690. The molecule has 0 amide bonds. The predicted octanol–water partition coefficient (Wildman–Crippen LogP) is 1.66. The molecule has 0 saturated heterocycles. The molecule has 0 radical (unpaired) electrons. The van der Waals surface area contributed by atoms with Gasteiger partial charge < -0.3 is 10.1 Å². The zero-order valence-corrected chi connectivity index (χ0v) is 9.01. The van der Waals surface area contributed by atoms with Gasteiger partial charge in [0.15, 0.2) is 0 Å². The van der Waals surface area contributed by atoms with Crippen LogP contribution in [0.4, 0.5) is 0 Å². The maximum atomic E-state index is 11.6. The van der Waals surface area contributed by atoms with Crippen molar-refractivity contribution in [1.82, 2.24) is 4.98 Å². The molecule has 1 aromatic heterocycles. The van der Waals surface area contributed by atoms with Gasteiger partial charge in [-0.1, -0.05) is 36.4 Å². The fraction of sp³-hybridized carbons (Fsp3) is 0.0769. The molecule has 0 fully saturated rings. The molecular weight excluding hydrogens is 218 g/mol. The zero-order chi connectivity index (χ0) is 12.3. The molecule has 0 saturated carbocycles. The molecule has 0 spiro atoms. The highest BCUT2D eigenvalue weighted by atomic mass is 16.4. The van der Waals surface area contributed by atoms with Gasteiger partial charge in [-0.15, -0.1) is 0 Å². The van der Waals surface area contributed by atoms with Gasteiger partial charge in [-0.05, 0) is 11.6 Å². The van der Waals surface area contributed by atoms with Crippen LogP contribution in [0, 0.1) is 0 Å². The van der Waals surface area contributed by atoms with Crippen molar-refractivity contribution in [2.75, 3.05) is 0 Å². The molecule has 2 N–H and O–H groups in total. The summed E-state index contributed by atoms with van der Waals surface area (Å²) in [5, 5.41) is 8.72. The van der Waals surface area contributed by atoms with Crippen LogP contribution < -0.4 is 5.56 Å². The first-order valence-corrected chi connectivity index (χ1v) is 5.16. The first-order valence-electron chi connectivity index (χ1n) is 5.16. The molecule has 0 atom stereocenters. The smallest absolute Gasteiger partial charge is 0.352 e. The van der Waals surface area contributed by atoms with E-state index in [9.17, 15) is 9.59 Å². The van der Waals surface area contributed by atoms with Crippen molar-refractivity contribution in [2.45, 2.75) is 6.42 Å². The van der Waals surface area contributed by atoms with Crippen molar-refractivity contribution in [3.63, 3.8) is 0 Å². The molecule has 2 rings (SSSR count). The van der Waals surface area contributed by atoms with Crippen LogP contribution in [0.3, 0.4) is 0 Å². The monoisotopic (exact) mass is 229 g/mol. The van der Waals surface area contributed by atoms with E-state index in [0.29, 0.717) is 12.0 Å². The Hall–Kier alpha value is -2.36. The lowest BCUT2D eigenvalue weighted by Gasteiger charge is -2.01. The zero-order valence-electron chi connectivity index (χ0n) is 9.01. The largest absolute Gasteiger partial charge is 0.477 e. The van der Waals surface area contributed by atoms with E-state index in [1.807, 2.05) is 30.3 Å². The maximum absolute atomic E-state index is 11.6. The molecule has 4 nitrogen and oxygen atoms in total. The number of hydrogen-bond donors (Lipinski definition) is 2. The first-order chi connectivity index (χ1) is 8.16. The fourth-order valence-corrected chi connectivity index (χ4v) is 1.58. The number of carboxylic acid groups (broad SMARTS) is 1. The van der Waals surface area contributed by atoms with Crippen LogP contribution in [-0.2, 0) is 6.42 Å². The first kappa shape index (κ1) is 11.1. The normalized spacial score (nSPS) is 10.1. The van der Waals surface area contributed by atoms with Gasteiger partial charge in [0.25, 0.3) is 5.56 Å². The minimum absolute atomic E-state index is 0.0909. The summed E-state index contributed by atoms with van der Waals surface area (Å²) in [6.07, 6.45) is 0.496. The Balaban J connectivity index is 2.29. The predicted molar refractivity (Wildman–Crippen MR) is 63.3 cm³/mol. The molecule has 4 heteroatoms. The van der Waals surface area contributed by atoms with E-state index >= 15 is 0 Å². The lowest BCUT2D eigenvalue weighted by Crippen LogP contribution is -2.16. The van der Waals surface area contributed by atoms with E-state index in [0.717, 1.165) is 5.56 Å².